The highest BCUT2D eigenvalue weighted by atomic mass is 16.6. The normalized spacial score (nSPS) is 16.3. The maximum atomic E-state index is 12.9. The number of methoxy groups -OCH3 is 1. The standard InChI is InChI=1S/C21H21N3O4/c1-24-12-11-22-20(24)19(14-7-9-15(26-2)10-8-14)23-21(25)18-13-27-16-5-3-4-6-17(16)28-18/h3-12,18-19H,13H2,1-2H3,(H,23,25)/t18-,19-/m0/s1. The number of aryl methyl sites for hydroxylation is 1. The van der Waals surface area contributed by atoms with Gasteiger partial charge in [0.2, 0.25) is 6.10 Å². The summed E-state index contributed by atoms with van der Waals surface area (Å²) in [4.78, 5) is 17.4. The summed E-state index contributed by atoms with van der Waals surface area (Å²) in [7, 11) is 3.51. The molecule has 2 aromatic carbocycles. The molecule has 2 atom stereocenters. The number of nitrogens with one attached hydrogen (secondary N) is 1. The molecule has 0 radical (unpaired) electrons. The number of nitrogens with zero attached hydrogens (tertiary/aromatic N) is 2. The zero-order valence-corrected chi connectivity index (χ0v) is 15.7. The molecule has 0 saturated heterocycles. The lowest BCUT2D eigenvalue weighted by atomic mass is 10.1. The van der Waals surface area contributed by atoms with Crippen LogP contribution in [-0.4, -0.2) is 35.3 Å². The number of hydrogen-bond acceptors (Lipinski definition) is 5. The molecule has 1 aliphatic rings. The number of hydrogen-bond donors (Lipinski definition) is 1. The third-order valence-corrected chi connectivity index (χ3v) is 4.65. The van der Waals surface area contributed by atoms with Gasteiger partial charge in [0.1, 0.15) is 24.2 Å². The predicted molar refractivity (Wildman–Crippen MR) is 103 cm³/mol. The monoisotopic (exact) mass is 379 g/mol. The second-order valence-corrected chi connectivity index (χ2v) is 6.48. The van der Waals surface area contributed by atoms with Crippen molar-refractivity contribution in [3.63, 3.8) is 0 Å². The van der Waals surface area contributed by atoms with E-state index in [2.05, 4.69) is 10.3 Å². The molecule has 28 heavy (non-hydrogen) atoms. The Morgan fingerprint density at radius 1 is 1.21 bits per heavy atom. The molecule has 7 nitrogen and oxygen atoms in total. The molecule has 4 rings (SSSR count). The number of ether oxygens (including phenoxy) is 3. The zero-order chi connectivity index (χ0) is 19.5. The molecule has 1 aromatic heterocycles. The van der Waals surface area contributed by atoms with Gasteiger partial charge in [-0.2, -0.15) is 0 Å². The van der Waals surface area contributed by atoms with Crippen molar-refractivity contribution < 1.29 is 19.0 Å². The molecule has 1 amide bonds. The van der Waals surface area contributed by atoms with Crippen molar-refractivity contribution in [2.45, 2.75) is 12.1 Å². The van der Waals surface area contributed by atoms with Crippen LogP contribution in [0.15, 0.2) is 60.9 Å². The second-order valence-electron chi connectivity index (χ2n) is 6.48. The molecule has 0 unspecified atom stereocenters. The summed E-state index contributed by atoms with van der Waals surface area (Å²) in [6, 6.07) is 14.4. The number of fused-ring (bicyclic) bond motifs is 1. The lowest BCUT2D eigenvalue weighted by Crippen LogP contribution is -2.45. The van der Waals surface area contributed by atoms with Crippen LogP contribution in [0, 0.1) is 0 Å². The number of amides is 1. The number of aromatic nitrogens is 2. The minimum atomic E-state index is -0.740. The van der Waals surface area contributed by atoms with E-state index in [-0.39, 0.29) is 12.5 Å². The van der Waals surface area contributed by atoms with Crippen molar-refractivity contribution in [1.82, 2.24) is 14.9 Å². The number of benzene rings is 2. The average Bonchev–Trinajstić information content (AvgIpc) is 3.17. The Balaban J connectivity index is 1.57. The number of carbonyl (C=O) groups is 1. The topological polar surface area (TPSA) is 74.6 Å². The first-order chi connectivity index (χ1) is 13.7. The van der Waals surface area contributed by atoms with Crippen LogP contribution in [0.1, 0.15) is 17.4 Å². The first-order valence-electron chi connectivity index (χ1n) is 8.95. The summed E-state index contributed by atoms with van der Waals surface area (Å²) >= 11 is 0. The van der Waals surface area contributed by atoms with Gasteiger partial charge < -0.3 is 24.1 Å². The van der Waals surface area contributed by atoms with E-state index in [1.165, 1.54) is 0 Å². The summed E-state index contributed by atoms with van der Waals surface area (Å²) in [5.74, 6) is 2.40. The number of rotatable bonds is 5. The summed E-state index contributed by atoms with van der Waals surface area (Å²) in [6.07, 6.45) is 2.80. The van der Waals surface area contributed by atoms with Gasteiger partial charge in [-0.15, -0.1) is 0 Å². The van der Waals surface area contributed by atoms with Gasteiger partial charge in [0.05, 0.1) is 7.11 Å². The number of imidazole rings is 1. The Kier molecular flexibility index (Phi) is 4.89. The SMILES string of the molecule is COc1ccc([C@H](NC(=O)[C@@H]2COc3ccccc3O2)c2nccn2C)cc1. The van der Waals surface area contributed by atoms with Crippen molar-refractivity contribution >= 4 is 5.91 Å². The molecule has 1 aliphatic heterocycles. The average molecular weight is 379 g/mol. The number of para-hydroxylation sites is 2. The predicted octanol–water partition coefficient (Wildman–Crippen LogP) is 2.47. The first kappa shape index (κ1) is 17.9. The molecule has 2 heterocycles. The quantitative estimate of drug-likeness (QED) is 0.737. The summed E-state index contributed by atoms with van der Waals surface area (Å²) in [6.45, 7) is 0.152. The van der Waals surface area contributed by atoms with Gasteiger partial charge in [-0.05, 0) is 29.8 Å². The van der Waals surface area contributed by atoms with Gasteiger partial charge in [0.25, 0.3) is 5.91 Å². The second kappa shape index (κ2) is 7.64. The molecule has 0 fully saturated rings. The lowest BCUT2D eigenvalue weighted by molar-refractivity contribution is -0.130. The molecule has 144 valence electrons. The van der Waals surface area contributed by atoms with Crippen LogP contribution in [0.3, 0.4) is 0 Å². The molecule has 3 aromatic rings. The van der Waals surface area contributed by atoms with Crippen LogP contribution in [0.4, 0.5) is 0 Å². The minimum Gasteiger partial charge on any atom is -0.497 e. The van der Waals surface area contributed by atoms with Crippen LogP contribution in [0.25, 0.3) is 0 Å². The Hall–Kier alpha value is -3.48. The number of carbonyl (C=O) groups excluding carboxylic acids is 1. The molecule has 0 saturated carbocycles. The Morgan fingerprint density at radius 3 is 2.64 bits per heavy atom. The fourth-order valence-corrected chi connectivity index (χ4v) is 3.13. The van der Waals surface area contributed by atoms with Crippen LogP contribution < -0.4 is 19.5 Å². The van der Waals surface area contributed by atoms with Crippen LogP contribution in [0.5, 0.6) is 17.2 Å². The van der Waals surface area contributed by atoms with E-state index < -0.39 is 12.1 Å². The van der Waals surface area contributed by atoms with Crippen molar-refractivity contribution in [1.29, 1.82) is 0 Å². The van der Waals surface area contributed by atoms with E-state index in [4.69, 9.17) is 14.2 Å². The van der Waals surface area contributed by atoms with Gasteiger partial charge in [0.15, 0.2) is 11.5 Å². The van der Waals surface area contributed by atoms with E-state index in [0.29, 0.717) is 11.5 Å². The van der Waals surface area contributed by atoms with Gasteiger partial charge >= 0.3 is 0 Å². The van der Waals surface area contributed by atoms with E-state index in [0.717, 1.165) is 17.1 Å². The smallest absolute Gasteiger partial charge is 0.265 e. The molecular formula is C21H21N3O4. The molecule has 0 aliphatic carbocycles. The van der Waals surface area contributed by atoms with Gasteiger partial charge in [-0.3, -0.25) is 4.79 Å². The highest BCUT2D eigenvalue weighted by Crippen LogP contribution is 2.31. The largest absolute Gasteiger partial charge is 0.497 e. The molecule has 0 spiro atoms. The highest BCUT2D eigenvalue weighted by Gasteiger charge is 2.30. The van der Waals surface area contributed by atoms with Crippen LogP contribution in [-0.2, 0) is 11.8 Å². The third-order valence-electron chi connectivity index (χ3n) is 4.65. The summed E-state index contributed by atoms with van der Waals surface area (Å²) in [5, 5.41) is 3.05. The van der Waals surface area contributed by atoms with Crippen molar-refractivity contribution in [2.24, 2.45) is 7.05 Å². The van der Waals surface area contributed by atoms with E-state index in [9.17, 15) is 4.79 Å². The lowest BCUT2D eigenvalue weighted by Gasteiger charge is -2.27. The molecule has 0 bridgehead atoms. The maximum Gasteiger partial charge on any atom is 0.265 e. The minimum absolute atomic E-state index is 0.152. The highest BCUT2D eigenvalue weighted by molar-refractivity contribution is 5.82. The van der Waals surface area contributed by atoms with Gasteiger partial charge in [-0.1, -0.05) is 24.3 Å². The van der Waals surface area contributed by atoms with Gasteiger partial charge in [0, 0.05) is 19.4 Å². The van der Waals surface area contributed by atoms with Crippen molar-refractivity contribution in [2.75, 3.05) is 13.7 Å². The molecule has 1 N–H and O–H groups in total. The van der Waals surface area contributed by atoms with Crippen LogP contribution in [0.2, 0.25) is 0 Å². The van der Waals surface area contributed by atoms with E-state index >= 15 is 0 Å². The zero-order valence-electron chi connectivity index (χ0n) is 15.7. The van der Waals surface area contributed by atoms with E-state index in [1.54, 1.807) is 19.4 Å². The summed E-state index contributed by atoms with van der Waals surface area (Å²) in [5.41, 5.74) is 0.889. The van der Waals surface area contributed by atoms with Crippen molar-refractivity contribution in [3.8, 4) is 17.2 Å². The Labute approximate surface area is 162 Å². The molecular weight excluding hydrogens is 358 g/mol. The Morgan fingerprint density at radius 2 is 1.96 bits per heavy atom. The Bertz CT molecular complexity index is 968. The van der Waals surface area contributed by atoms with E-state index in [1.807, 2.05) is 60.3 Å². The maximum absolute atomic E-state index is 12.9. The first-order valence-corrected chi connectivity index (χ1v) is 8.95. The molecule has 7 heteroatoms. The third kappa shape index (κ3) is 3.51. The fraction of sp³-hybridized carbons (Fsp3) is 0.238. The fourth-order valence-electron chi connectivity index (χ4n) is 3.13. The van der Waals surface area contributed by atoms with Crippen molar-refractivity contribution in [3.05, 3.63) is 72.3 Å². The van der Waals surface area contributed by atoms with Crippen LogP contribution >= 0.6 is 0 Å². The van der Waals surface area contributed by atoms with Gasteiger partial charge in [-0.25, -0.2) is 4.98 Å². The summed E-state index contributed by atoms with van der Waals surface area (Å²) < 4.78 is 18.6.